The molecule has 1 rings (SSSR count). The van der Waals surface area contributed by atoms with Crippen LogP contribution in [0, 0.1) is 0 Å². The number of rotatable bonds is 0. The van der Waals surface area contributed by atoms with Crippen LogP contribution in [0.3, 0.4) is 0 Å². The first-order valence-corrected chi connectivity index (χ1v) is 2.67. The molecule has 0 aromatic heterocycles. The van der Waals surface area contributed by atoms with E-state index in [4.69, 9.17) is 0 Å². The van der Waals surface area contributed by atoms with Crippen molar-refractivity contribution in [2.75, 3.05) is 20.2 Å². The largest absolute Gasteiger partial charge is 0.565 e. The van der Waals surface area contributed by atoms with Crippen LogP contribution in [-0.2, 0) is 4.74 Å². The molecule has 45 valence electrons. The molecular formula is C5H9NO2+. The number of hydrogen-bond acceptors (Lipinski definition) is 2. The number of carbonyl (C=O) groups is 1. The summed E-state index contributed by atoms with van der Waals surface area (Å²) in [7, 11) is 1.40. The maximum Gasteiger partial charge on any atom is 0.565 e. The molecule has 0 aliphatic carbocycles. The Morgan fingerprint density at radius 3 is 2.38 bits per heavy atom. The highest BCUT2D eigenvalue weighted by molar-refractivity contribution is 5.71. The lowest BCUT2D eigenvalue weighted by atomic mass is 10.2. The summed E-state index contributed by atoms with van der Waals surface area (Å²) in [5, 5.41) is 0. The van der Waals surface area contributed by atoms with Crippen molar-refractivity contribution in [1.82, 2.24) is 4.90 Å². The quantitative estimate of drug-likeness (QED) is 0.425. The molecule has 0 saturated carbocycles. The van der Waals surface area contributed by atoms with Crippen LogP contribution in [0.15, 0.2) is 0 Å². The van der Waals surface area contributed by atoms with Crippen molar-refractivity contribution in [3.63, 3.8) is 0 Å². The lowest BCUT2D eigenvalue weighted by Gasteiger charge is -2.13. The molecule has 1 saturated heterocycles. The third kappa shape index (κ3) is 0.816. The minimum Gasteiger partial charge on any atom is -0.420 e. The van der Waals surface area contributed by atoms with Crippen LogP contribution in [0.2, 0.25) is 0 Å². The van der Waals surface area contributed by atoms with Gasteiger partial charge in [0.2, 0.25) is 0 Å². The van der Waals surface area contributed by atoms with Gasteiger partial charge in [-0.15, -0.1) is 0 Å². The molecule has 1 heterocycles. The Bertz CT molecular complexity index is 98.6. The van der Waals surface area contributed by atoms with Gasteiger partial charge in [0.05, 0.1) is 13.5 Å². The Hall–Kier alpha value is -0.570. The second-order valence-electron chi connectivity index (χ2n) is 1.81. The van der Waals surface area contributed by atoms with Crippen molar-refractivity contribution in [1.29, 1.82) is 0 Å². The van der Waals surface area contributed by atoms with Crippen molar-refractivity contribution >= 4 is 6.09 Å². The lowest BCUT2D eigenvalue weighted by Crippen LogP contribution is -2.47. The van der Waals surface area contributed by atoms with E-state index in [0.29, 0.717) is 0 Å². The summed E-state index contributed by atoms with van der Waals surface area (Å²) in [6.45, 7) is 1.74. The summed E-state index contributed by atoms with van der Waals surface area (Å²) < 4.78 is 4.44. The van der Waals surface area contributed by atoms with E-state index in [1.54, 1.807) is 4.90 Å². The van der Waals surface area contributed by atoms with Crippen molar-refractivity contribution in [3.8, 4) is 0 Å². The van der Waals surface area contributed by atoms with Crippen LogP contribution < -0.4 is 4.90 Å². The Kier molecular flexibility index (Phi) is 1.48. The number of likely N-dealkylation sites (tertiary alicyclic amines) is 1. The minimum absolute atomic E-state index is 0.198. The molecule has 1 fully saturated rings. The zero-order chi connectivity index (χ0) is 5.98. The van der Waals surface area contributed by atoms with Crippen LogP contribution in [0.25, 0.3) is 0 Å². The highest BCUT2D eigenvalue weighted by Crippen LogP contribution is 2.01. The van der Waals surface area contributed by atoms with Gasteiger partial charge in [-0.3, -0.25) is 0 Å². The summed E-state index contributed by atoms with van der Waals surface area (Å²) in [5.74, 6) is 0. The molecule has 3 heteroatoms. The van der Waals surface area contributed by atoms with E-state index in [0.717, 1.165) is 19.5 Å². The predicted octanol–water partition coefficient (Wildman–Crippen LogP) is 0.297. The number of nitrogens with zero attached hydrogens (tertiary/aromatic N) is 1. The van der Waals surface area contributed by atoms with Gasteiger partial charge in [-0.25, -0.2) is 0 Å². The summed E-state index contributed by atoms with van der Waals surface area (Å²) in [6, 6.07) is 0. The van der Waals surface area contributed by atoms with Crippen LogP contribution >= 0.6 is 0 Å². The molecule has 0 spiro atoms. The van der Waals surface area contributed by atoms with Gasteiger partial charge in [0.25, 0.3) is 0 Å². The Labute approximate surface area is 48.2 Å². The molecule has 0 atom stereocenters. The molecule has 1 radical (unpaired) electrons. The molecule has 0 aromatic carbocycles. The van der Waals surface area contributed by atoms with Gasteiger partial charge in [-0.05, 0) is 0 Å². The van der Waals surface area contributed by atoms with Gasteiger partial charge < -0.3 is 4.74 Å². The van der Waals surface area contributed by atoms with Gasteiger partial charge in [-0.2, -0.15) is 4.79 Å². The summed E-state index contributed by atoms with van der Waals surface area (Å²) in [5.41, 5.74) is 0. The summed E-state index contributed by atoms with van der Waals surface area (Å²) in [4.78, 5) is 12.2. The summed E-state index contributed by atoms with van der Waals surface area (Å²) in [6.07, 6.45) is 0.922. The van der Waals surface area contributed by atoms with E-state index in [9.17, 15) is 4.79 Å². The van der Waals surface area contributed by atoms with Crippen molar-refractivity contribution in [3.05, 3.63) is 0 Å². The molecule has 8 heavy (non-hydrogen) atoms. The molecule has 0 N–H and O–H groups in total. The zero-order valence-electron chi connectivity index (χ0n) is 4.89. The maximum atomic E-state index is 10.5. The van der Waals surface area contributed by atoms with Crippen molar-refractivity contribution in [2.24, 2.45) is 0 Å². The van der Waals surface area contributed by atoms with E-state index in [2.05, 4.69) is 4.74 Å². The highest BCUT2D eigenvalue weighted by Gasteiger charge is 2.34. The van der Waals surface area contributed by atoms with Crippen LogP contribution in [0.5, 0.6) is 0 Å². The van der Waals surface area contributed by atoms with Crippen molar-refractivity contribution < 1.29 is 9.53 Å². The average molecular weight is 115 g/mol. The minimum atomic E-state index is -0.198. The van der Waals surface area contributed by atoms with Crippen molar-refractivity contribution in [2.45, 2.75) is 6.42 Å². The van der Waals surface area contributed by atoms with Gasteiger partial charge in [0.1, 0.15) is 13.1 Å². The molecule has 0 aromatic rings. The Morgan fingerprint density at radius 1 is 1.62 bits per heavy atom. The van der Waals surface area contributed by atoms with E-state index in [1.807, 2.05) is 0 Å². The highest BCUT2D eigenvalue weighted by atomic mass is 16.5. The number of carbonyl (C=O) groups excluding carboxylic acids is 1. The van der Waals surface area contributed by atoms with Gasteiger partial charge in [0.15, 0.2) is 0 Å². The van der Waals surface area contributed by atoms with E-state index >= 15 is 0 Å². The number of ether oxygens (including phenoxy) is 1. The number of methoxy groups -OCH3 is 1. The maximum absolute atomic E-state index is 10.5. The second-order valence-corrected chi connectivity index (χ2v) is 1.81. The topological polar surface area (TPSA) is 32.2 Å². The Balaban J connectivity index is 2.24. The first-order valence-electron chi connectivity index (χ1n) is 2.67. The van der Waals surface area contributed by atoms with Crippen LogP contribution in [0.1, 0.15) is 6.42 Å². The normalized spacial score (nSPS) is 19.6. The average Bonchev–Trinajstić information content (AvgIpc) is 1.62. The third-order valence-electron chi connectivity index (χ3n) is 1.29. The van der Waals surface area contributed by atoms with E-state index in [1.165, 1.54) is 7.11 Å². The number of hydrogen-bond donors (Lipinski definition) is 0. The van der Waals surface area contributed by atoms with E-state index < -0.39 is 0 Å². The molecule has 3 nitrogen and oxygen atoms in total. The van der Waals surface area contributed by atoms with Gasteiger partial charge in [-0.1, -0.05) is 4.90 Å². The fraction of sp³-hybridized carbons (Fsp3) is 0.800. The van der Waals surface area contributed by atoms with Crippen LogP contribution in [-0.4, -0.2) is 26.3 Å². The molecule has 1 amide bonds. The van der Waals surface area contributed by atoms with Gasteiger partial charge >= 0.3 is 6.09 Å². The molecule has 1 aliphatic rings. The summed E-state index contributed by atoms with van der Waals surface area (Å²) >= 11 is 0. The van der Waals surface area contributed by atoms with Crippen LogP contribution in [0.4, 0.5) is 4.79 Å². The lowest BCUT2D eigenvalue weighted by molar-refractivity contribution is 0.136. The zero-order valence-corrected chi connectivity index (χ0v) is 4.89. The molecular weight excluding hydrogens is 106 g/mol. The monoisotopic (exact) mass is 115 g/mol. The van der Waals surface area contributed by atoms with E-state index in [-0.39, 0.29) is 6.09 Å². The molecule has 0 unspecified atom stereocenters. The fourth-order valence-electron chi connectivity index (χ4n) is 0.628. The number of amides is 1. The smallest absolute Gasteiger partial charge is 0.420 e. The second kappa shape index (κ2) is 2.13. The fourth-order valence-corrected chi connectivity index (χ4v) is 0.628. The SMILES string of the molecule is COC(=O)[N+]1CCC1. The first-order chi connectivity index (χ1) is 3.84. The molecule has 1 aliphatic heterocycles. The van der Waals surface area contributed by atoms with Gasteiger partial charge in [0, 0.05) is 0 Å². The first kappa shape index (κ1) is 5.56. The Morgan fingerprint density at radius 2 is 2.25 bits per heavy atom. The standard InChI is InChI=1S/C5H9NO2/c1-8-5(7)6-3-2-4-6/h2-4H2,1H3/q+1. The third-order valence-corrected chi connectivity index (χ3v) is 1.29. The molecule has 0 bridgehead atoms. The predicted molar refractivity (Wildman–Crippen MR) is 28.9 cm³/mol.